The molecule has 0 spiro atoms. The number of benzene rings is 2. The Labute approximate surface area is 163 Å². The van der Waals surface area contributed by atoms with Crippen molar-refractivity contribution in [2.75, 3.05) is 50.1 Å². The molecule has 0 aliphatic carbocycles. The van der Waals surface area contributed by atoms with Crippen LogP contribution in [-0.2, 0) is 4.79 Å². The van der Waals surface area contributed by atoms with Crippen molar-refractivity contribution in [2.24, 2.45) is 0 Å². The smallest absolute Gasteiger partial charge is 0.238 e. The number of anilines is 2. The maximum absolute atomic E-state index is 12.3. The van der Waals surface area contributed by atoms with Crippen molar-refractivity contribution in [3.8, 4) is 5.75 Å². The van der Waals surface area contributed by atoms with Crippen molar-refractivity contribution < 1.29 is 9.53 Å². The van der Waals surface area contributed by atoms with Gasteiger partial charge in [-0.2, -0.15) is 0 Å². The Bertz CT molecular complexity index is 773. The predicted molar refractivity (Wildman–Crippen MR) is 109 cm³/mol. The zero-order chi connectivity index (χ0) is 18.5. The van der Waals surface area contributed by atoms with Gasteiger partial charge in [-0.3, -0.25) is 9.69 Å². The summed E-state index contributed by atoms with van der Waals surface area (Å²) in [6.07, 6.45) is 0. The molecular weight excluding hydrogens is 394 g/mol. The number of ether oxygens (including phenoxy) is 1. The highest BCUT2D eigenvalue weighted by Gasteiger charge is 2.19. The SMILES string of the molecule is COc1cccc(N2CCN(CC(=O)Nc3ccc(Br)c(C)c3)CC2)c1. The van der Waals surface area contributed by atoms with Gasteiger partial charge >= 0.3 is 0 Å². The minimum absolute atomic E-state index is 0.0292. The highest BCUT2D eigenvalue weighted by molar-refractivity contribution is 9.10. The molecule has 1 aliphatic rings. The van der Waals surface area contributed by atoms with E-state index in [0.29, 0.717) is 6.54 Å². The second kappa shape index (κ2) is 8.56. The first-order valence-corrected chi connectivity index (χ1v) is 9.52. The molecule has 0 atom stereocenters. The van der Waals surface area contributed by atoms with Gasteiger partial charge in [-0.1, -0.05) is 22.0 Å². The minimum atomic E-state index is 0.0292. The molecule has 1 amide bonds. The van der Waals surface area contributed by atoms with Crippen LogP contribution in [0.1, 0.15) is 5.56 Å². The number of amides is 1. The molecule has 0 aromatic heterocycles. The first-order chi connectivity index (χ1) is 12.5. The van der Waals surface area contributed by atoms with E-state index in [1.165, 1.54) is 5.69 Å². The molecule has 2 aromatic rings. The van der Waals surface area contributed by atoms with Crippen molar-refractivity contribution in [1.82, 2.24) is 4.90 Å². The topological polar surface area (TPSA) is 44.8 Å². The number of aryl methyl sites for hydroxylation is 1. The number of methoxy groups -OCH3 is 1. The third-order valence-electron chi connectivity index (χ3n) is 4.60. The van der Waals surface area contributed by atoms with Gasteiger partial charge in [0.1, 0.15) is 5.75 Å². The standard InChI is InChI=1S/C20H24BrN3O2/c1-15-12-16(6-7-19(15)21)22-20(25)14-23-8-10-24(11-9-23)17-4-3-5-18(13-17)26-2/h3-7,12-13H,8-11,14H2,1-2H3,(H,22,25). The summed E-state index contributed by atoms with van der Waals surface area (Å²) in [7, 11) is 1.68. The highest BCUT2D eigenvalue weighted by Crippen LogP contribution is 2.22. The Morgan fingerprint density at radius 2 is 1.92 bits per heavy atom. The highest BCUT2D eigenvalue weighted by atomic mass is 79.9. The van der Waals surface area contributed by atoms with E-state index in [1.54, 1.807) is 7.11 Å². The van der Waals surface area contributed by atoms with E-state index in [-0.39, 0.29) is 5.91 Å². The molecule has 138 valence electrons. The van der Waals surface area contributed by atoms with E-state index in [0.717, 1.165) is 47.7 Å². The predicted octanol–water partition coefficient (Wildman–Crippen LogP) is 3.53. The number of halogens is 1. The van der Waals surface area contributed by atoms with Gasteiger partial charge in [-0.15, -0.1) is 0 Å². The van der Waals surface area contributed by atoms with Crippen LogP contribution in [0.15, 0.2) is 46.9 Å². The number of nitrogens with zero attached hydrogens (tertiary/aromatic N) is 2. The van der Waals surface area contributed by atoms with Gasteiger partial charge < -0.3 is 15.0 Å². The Morgan fingerprint density at radius 3 is 2.62 bits per heavy atom. The van der Waals surface area contributed by atoms with Gasteiger partial charge in [0.05, 0.1) is 13.7 Å². The molecule has 2 aromatic carbocycles. The van der Waals surface area contributed by atoms with E-state index in [4.69, 9.17) is 4.74 Å². The maximum Gasteiger partial charge on any atom is 0.238 e. The second-order valence-corrected chi connectivity index (χ2v) is 7.33. The van der Waals surface area contributed by atoms with Crippen molar-refractivity contribution >= 4 is 33.2 Å². The van der Waals surface area contributed by atoms with Crippen LogP contribution in [-0.4, -0.2) is 50.6 Å². The molecular formula is C20H24BrN3O2. The Hall–Kier alpha value is -2.05. The van der Waals surface area contributed by atoms with E-state index in [1.807, 2.05) is 37.3 Å². The van der Waals surface area contributed by atoms with Crippen LogP contribution < -0.4 is 15.0 Å². The van der Waals surface area contributed by atoms with Crippen molar-refractivity contribution in [3.63, 3.8) is 0 Å². The van der Waals surface area contributed by atoms with Gasteiger partial charge in [0.2, 0.25) is 5.91 Å². The van der Waals surface area contributed by atoms with Crippen LogP contribution in [0.5, 0.6) is 5.75 Å². The zero-order valence-electron chi connectivity index (χ0n) is 15.2. The summed E-state index contributed by atoms with van der Waals surface area (Å²) in [4.78, 5) is 16.8. The average molecular weight is 418 g/mol. The van der Waals surface area contributed by atoms with E-state index in [9.17, 15) is 4.79 Å². The third-order valence-corrected chi connectivity index (χ3v) is 5.49. The number of hydrogen-bond acceptors (Lipinski definition) is 4. The first kappa shape index (κ1) is 18.7. The Kier molecular flexibility index (Phi) is 6.16. The zero-order valence-corrected chi connectivity index (χ0v) is 16.8. The maximum atomic E-state index is 12.3. The first-order valence-electron chi connectivity index (χ1n) is 8.72. The number of carbonyl (C=O) groups is 1. The summed E-state index contributed by atoms with van der Waals surface area (Å²) >= 11 is 3.48. The van der Waals surface area contributed by atoms with Crippen molar-refractivity contribution in [2.45, 2.75) is 6.92 Å². The average Bonchev–Trinajstić information content (AvgIpc) is 2.65. The lowest BCUT2D eigenvalue weighted by Gasteiger charge is -2.35. The lowest BCUT2D eigenvalue weighted by atomic mass is 10.2. The largest absolute Gasteiger partial charge is 0.497 e. The number of rotatable bonds is 5. The molecule has 0 bridgehead atoms. The summed E-state index contributed by atoms with van der Waals surface area (Å²) in [5, 5.41) is 2.98. The summed E-state index contributed by atoms with van der Waals surface area (Å²) in [6.45, 7) is 5.96. The van der Waals surface area contributed by atoms with Crippen LogP contribution in [0, 0.1) is 6.92 Å². The van der Waals surface area contributed by atoms with Crippen molar-refractivity contribution in [1.29, 1.82) is 0 Å². The summed E-state index contributed by atoms with van der Waals surface area (Å²) in [6, 6.07) is 14.0. The summed E-state index contributed by atoms with van der Waals surface area (Å²) in [5.41, 5.74) is 3.11. The molecule has 0 radical (unpaired) electrons. The lowest BCUT2D eigenvalue weighted by Crippen LogP contribution is -2.48. The van der Waals surface area contributed by atoms with E-state index >= 15 is 0 Å². The van der Waals surface area contributed by atoms with Crippen LogP contribution in [0.25, 0.3) is 0 Å². The number of piperazine rings is 1. The van der Waals surface area contributed by atoms with Crippen LogP contribution in [0.2, 0.25) is 0 Å². The molecule has 26 heavy (non-hydrogen) atoms. The molecule has 5 nitrogen and oxygen atoms in total. The molecule has 1 fully saturated rings. The van der Waals surface area contributed by atoms with Gasteiger partial charge in [0.25, 0.3) is 0 Å². The van der Waals surface area contributed by atoms with Gasteiger partial charge in [0.15, 0.2) is 0 Å². The van der Waals surface area contributed by atoms with Crippen LogP contribution >= 0.6 is 15.9 Å². The monoisotopic (exact) mass is 417 g/mol. The molecule has 6 heteroatoms. The number of carbonyl (C=O) groups excluding carboxylic acids is 1. The molecule has 1 N–H and O–H groups in total. The molecule has 1 aliphatic heterocycles. The fourth-order valence-corrected chi connectivity index (χ4v) is 3.34. The number of nitrogens with one attached hydrogen (secondary N) is 1. The van der Waals surface area contributed by atoms with E-state index in [2.05, 4.69) is 43.2 Å². The minimum Gasteiger partial charge on any atom is -0.497 e. The lowest BCUT2D eigenvalue weighted by molar-refractivity contribution is -0.117. The molecule has 1 heterocycles. The van der Waals surface area contributed by atoms with Gasteiger partial charge in [-0.25, -0.2) is 0 Å². The Balaban J connectivity index is 1.50. The van der Waals surface area contributed by atoms with Gasteiger partial charge in [0, 0.05) is 48.1 Å². The van der Waals surface area contributed by atoms with Crippen LogP contribution in [0.3, 0.4) is 0 Å². The van der Waals surface area contributed by atoms with Crippen LogP contribution in [0.4, 0.5) is 11.4 Å². The number of hydrogen-bond donors (Lipinski definition) is 1. The normalized spacial score (nSPS) is 15.0. The molecule has 3 rings (SSSR count). The van der Waals surface area contributed by atoms with E-state index < -0.39 is 0 Å². The quantitative estimate of drug-likeness (QED) is 0.807. The fourth-order valence-electron chi connectivity index (χ4n) is 3.10. The molecule has 1 saturated heterocycles. The molecule has 0 unspecified atom stereocenters. The summed E-state index contributed by atoms with van der Waals surface area (Å²) in [5.74, 6) is 0.899. The second-order valence-electron chi connectivity index (χ2n) is 6.48. The third kappa shape index (κ3) is 4.77. The fraction of sp³-hybridized carbons (Fsp3) is 0.350. The van der Waals surface area contributed by atoms with Gasteiger partial charge in [-0.05, 0) is 42.8 Å². The van der Waals surface area contributed by atoms with Crippen molar-refractivity contribution in [3.05, 3.63) is 52.5 Å². The molecule has 0 saturated carbocycles. The summed E-state index contributed by atoms with van der Waals surface area (Å²) < 4.78 is 6.34. The Morgan fingerprint density at radius 1 is 1.15 bits per heavy atom.